The second-order valence-electron chi connectivity index (χ2n) is 6.05. The summed E-state index contributed by atoms with van der Waals surface area (Å²) in [6.45, 7) is 2.34. The molecule has 0 spiro atoms. The third kappa shape index (κ3) is 2.65. The summed E-state index contributed by atoms with van der Waals surface area (Å²) in [5.74, 6) is 0.850. The van der Waals surface area contributed by atoms with Gasteiger partial charge in [-0.1, -0.05) is 0 Å². The van der Waals surface area contributed by atoms with Gasteiger partial charge in [-0.05, 0) is 42.4 Å². The van der Waals surface area contributed by atoms with Crippen LogP contribution in [-0.2, 0) is 19.5 Å². The number of aromatic nitrogens is 3. The summed E-state index contributed by atoms with van der Waals surface area (Å²) >= 11 is 5.08. The van der Waals surface area contributed by atoms with E-state index in [1.165, 1.54) is 10.9 Å². The second kappa shape index (κ2) is 5.92. The van der Waals surface area contributed by atoms with Crippen LogP contribution in [0, 0.1) is 4.77 Å². The second-order valence-corrected chi connectivity index (χ2v) is 6.46. The third-order valence-corrected chi connectivity index (χ3v) is 4.76. The summed E-state index contributed by atoms with van der Waals surface area (Å²) in [6, 6.07) is 6.03. The number of nitrogens with one attached hydrogen (secondary N) is 3. The maximum Gasteiger partial charge on any atom is 0.255 e. The fraction of sp³-hybridized carbons (Fsp3) is 0.294. The summed E-state index contributed by atoms with van der Waals surface area (Å²) in [5, 5.41) is 1.17. The molecule has 4 rings (SSSR count). The van der Waals surface area contributed by atoms with E-state index in [1.807, 2.05) is 18.3 Å². The van der Waals surface area contributed by atoms with Crippen LogP contribution in [0.3, 0.4) is 0 Å². The monoisotopic (exact) mass is 342 g/mol. The Bertz CT molecular complexity index is 1020. The van der Waals surface area contributed by atoms with Crippen molar-refractivity contribution in [1.29, 1.82) is 0 Å². The van der Waals surface area contributed by atoms with Crippen LogP contribution in [0.4, 0.5) is 0 Å². The number of nitrogens with zero attached hydrogens (tertiary/aromatic N) is 1. The summed E-state index contributed by atoms with van der Waals surface area (Å²) in [7, 11) is 1.68. The van der Waals surface area contributed by atoms with Gasteiger partial charge in [0.05, 0.1) is 7.11 Å². The number of rotatable bonds is 3. The highest BCUT2D eigenvalue weighted by atomic mass is 32.1. The van der Waals surface area contributed by atoms with Crippen LogP contribution in [0.25, 0.3) is 10.9 Å². The lowest BCUT2D eigenvalue weighted by molar-refractivity contribution is 0.241. The zero-order valence-corrected chi connectivity index (χ0v) is 14.1. The highest BCUT2D eigenvalue weighted by Crippen LogP contribution is 2.25. The first kappa shape index (κ1) is 15.2. The maximum absolute atomic E-state index is 12.0. The van der Waals surface area contributed by atoms with Crippen LogP contribution >= 0.6 is 12.2 Å². The number of hydrogen-bond acceptors (Lipinski definition) is 4. The van der Waals surface area contributed by atoms with E-state index in [2.05, 4.69) is 25.9 Å². The molecular weight excluding hydrogens is 324 g/mol. The molecule has 0 radical (unpaired) electrons. The van der Waals surface area contributed by atoms with Crippen LogP contribution in [0.15, 0.2) is 29.2 Å². The molecule has 0 aliphatic carbocycles. The molecule has 0 bridgehead atoms. The lowest BCUT2D eigenvalue weighted by Crippen LogP contribution is -2.34. The van der Waals surface area contributed by atoms with E-state index in [1.54, 1.807) is 7.11 Å². The SMILES string of the molecule is COc1ccc2[nH]cc(CN3CCc4c([nH]c(=S)[nH]c4=O)C3)c2c1. The van der Waals surface area contributed by atoms with Crippen LogP contribution in [0.1, 0.15) is 16.8 Å². The molecule has 124 valence electrons. The molecule has 0 atom stereocenters. The van der Waals surface area contributed by atoms with Crippen molar-refractivity contribution in [2.45, 2.75) is 19.5 Å². The van der Waals surface area contributed by atoms with Gasteiger partial charge in [-0.25, -0.2) is 0 Å². The van der Waals surface area contributed by atoms with Crippen LogP contribution < -0.4 is 10.3 Å². The molecule has 6 nitrogen and oxygen atoms in total. The fourth-order valence-corrected chi connectivity index (χ4v) is 3.54. The molecule has 24 heavy (non-hydrogen) atoms. The van der Waals surface area contributed by atoms with E-state index in [0.29, 0.717) is 11.3 Å². The minimum Gasteiger partial charge on any atom is -0.497 e. The van der Waals surface area contributed by atoms with Gasteiger partial charge in [0, 0.05) is 48.0 Å². The summed E-state index contributed by atoms with van der Waals surface area (Å²) < 4.78 is 5.71. The molecule has 3 heterocycles. The Morgan fingerprint density at radius 1 is 1.33 bits per heavy atom. The summed E-state index contributed by atoms with van der Waals surface area (Å²) in [6.07, 6.45) is 2.77. The van der Waals surface area contributed by atoms with E-state index >= 15 is 0 Å². The number of aromatic amines is 3. The van der Waals surface area contributed by atoms with Crippen molar-refractivity contribution in [2.24, 2.45) is 0 Å². The van der Waals surface area contributed by atoms with Gasteiger partial charge in [0.2, 0.25) is 0 Å². The Labute approximate surface area is 143 Å². The Morgan fingerprint density at radius 2 is 2.21 bits per heavy atom. The average molecular weight is 342 g/mol. The number of ether oxygens (including phenoxy) is 1. The number of benzene rings is 1. The third-order valence-electron chi connectivity index (χ3n) is 4.56. The molecule has 0 saturated heterocycles. The first-order valence-corrected chi connectivity index (χ1v) is 8.25. The molecule has 1 aliphatic heterocycles. The van der Waals surface area contributed by atoms with E-state index in [9.17, 15) is 4.79 Å². The van der Waals surface area contributed by atoms with Gasteiger partial charge in [-0.2, -0.15) is 0 Å². The molecular formula is C17H18N4O2S. The van der Waals surface area contributed by atoms with Gasteiger partial charge in [0.15, 0.2) is 4.77 Å². The van der Waals surface area contributed by atoms with Gasteiger partial charge >= 0.3 is 0 Å². The number of hydrogen-bond donors (Lipinski definition) is 3. The molecule has 3 aromatic rings. The first-order chi connectivity index (χ1) is 11.6. The molecule has 3 N–H and O–H groups in total. The van der Waals surface area contributed by atoms with Crippen molar-refractivity contribution in [2.75, 3.05) is 13.7 Å². The lowest BCUT2D eigenvalue weighted by Gasteiger charge is -2.27. The molecule has 0 unspecified atom stereocenters. The van der Waals surface area contributed by atoms with E-state index in [0.717, 1.165) is 42.0 Å². The van der Waals surface area contributed by atoms with Crippen LogP contribution in [-0.4, -0.2) is 33.5 Å². The minimum atomic E-state index is -0.0646. The normalized spacial score (nSPS) is 14.7. The standard InChI is InChI=1S/C17H18N4O2S/c1-23-11-2-3-14-13(6-11)10(7-18-14)8-21-5-4-12-15(9-21)19-17(24)20-16(12)22/h2-3,6-7,18H,4-5,8-9H2,1H3,(H2,19,20,22,24). The Hall–Kier alpha value is -2.38. The number of H-pyrrole nitrogens is 3. The lowest BCUT2D eigenvalue weighted by atomic mass is 10.1. The van der Waals surface area contributed by atoms with Crippen LogP contribution in [0.2, 0.25) is 0 Å². The molecule has 0 fully saturated rings. The number of methoxy groups -OCH3 is 1. The smallest absolute Gasteiger partial charge is 0.255 e. The van der Waals surface area contributed by atoms with E-state index in [4.69, 9.17) is 17.0 Å². The molecule has 2 aromatic heterocycles. The largest absolute Gasteiger partial charge is 0.497 e. The molecule has 1 aliphatic rings. The number of fused-ring (bicyclic) bond motifs is 2. The van der Waals surface area contributed by atoms with Gasteiger partial charge < -0.3 is 14.7 Å². The van der Waals surface area contributed by atoms with Gasteiger partial charge in [0.1, 0.15) is 5.75 Å². The first-order valence-electron chi connectivity index (χ1n) is 7.85. The van der Waals surface area contributed by atoms with Crippen molar-refractivity contribution in [3.63, 3.8) is 0 Å². The summed E-state index contributed by atoms with van der Waals surface area (Å²) in [5.41, 5.74) is 3.99. The maximum atomic E-state index is 12.0. The van der Waals surface area contributed by atoms with Crippen molar-refractivity contribution >= 4 is 23.1 Å². The molecule has 1 aromatic carbocycles. The van der Waals surface area contributed by atoms with Gasteiger partial charge in [-0.15, -0.1) is 0 Å². The van der Waals surface area contributed by atoms with E-state index < -0.39 is 0 Å². The highest BCUT2D eigenvalue weighted by molar-refractivity contribution is 7.71. The predicted molar refractivity (Wildman–Crippen MR) is 94.9 cm³/mol. The fourth-order valence-electron chi connectivity index (χ4n) is 3.32. The molecule has 0 amide bonds. The molecule has 0 saturated carbocycles. The predicted octanol–water partition coefficient (Wildman–Crippen LogP) is 2.48. The van der Waals surface area contributed by atoms with Gasteiger partial charge in [0.25, 0.3) is 5.56 Å². The van der Waals surface area contributed by atoms with E-state index in [-0.39, 0.29) is 5.56 Å². The topological polar surface area (TPSA) is 76.9 Å². The average Bonchev–Trinajstić information content (AvgIpc) is 2.96. The highest BCUT2D eigenvalue weighted by Gasteiger charge is 2.20. The van der Waals surface area contributed by atoms with Crippen molar-refractivity contribution in [1.82, 2.24) is 19.9 Å². The Morgan fingerprint density at radius 3 is 3.04 bits per heavy atom. The van der Waals surface area contributed by atoms with Crippen molar-refractivity contribution in [3.8, 4) is 5.75 Å². The van der Waals surface area contributed by atoms with Gasteiger partial charge in [-0.3, -0.25) is 14.7 Å². The Kier molecular flexibility index (Phi) is 3.74. The Balaban J connectivity index is 1.62. The van der Waals surface area contributed by atoms with Crippen molar-refractivity contribution in [3.05, 3.63) is 56.3 Å². The quantitative estimate of drug-likeness (QED) is 0.639. The summed E-state index contributed by atoms with van der Waals surface area (Å²) in [4.78, 5) is 23.4. The zero-order valence-electron chi connectivity index (χ0n) is 13.3. The minimum absolute atomic E-state index is 0.0646. The van der Waals surface area contributed by atoms with Crippen LogP contribution in [0.5, 0.6) is 5.75 Å². The van der Waals surface area contributed by atoms with Crippen molar-refractivity contribution < 1.29 is 4.74 Å². The molecule has 7 heteroatoms. The zero-order chi connectivity index (χ0) is 16.7.